The summed E-state index contributed by atoms with van der Waals surface area (Å²) in [5.41, 5.74) is 0.664. The van der Waals surface area contributed by atoms with Crippen molar-refractivity contribution in [2.24, 2.45) is 5.92 Å². The summed E-state index contributed by atoms with van der Waals surface area (Å²) in [4.78, 5) is 2.69. The number of nitrogens with zero attached hydrogens (tertiary/aromatic N) is 2. The van der Waals surface area contributed by atoms with Crippen molar-refractivity contribution in [3.8, 4) is 11.8 Å². The van der Waals surface area contributed by atoms with Crippen LogP contribution in [0.3, 0.4) is 0 Å². The molecule has 0 amide bonds. The van der Waals surface area contributed by atoms with E-state index >= 15 is 0 Å². The molecule has 0 N–H and O–H groups in total. The standard InChI is InChI=1S/C18H24N2O/c19-14-15-5-1-8-17(13-15)21-12-4-11-20-10-3-7-16-6-2-9-18(16)20/h1,5,8,13,16,18H,2-4,6-7,9-12H2. The molecule has 1 saturated heterocycles. The molecule has 0 spiro atoms. The quantitative estimate of drug-likeness (QED) is 0.775. The topological polar surface area (TPSA) is 36.3 Å². The lowest BCUT2D eigenvalue weighted by Crippen LogP contribution is -2.43. The minimum Gasteiger partial charge on any atom is -0.494 e. The third kappa shape index (κ3) is 3.57. The van der Waals surface area contributed by atoms with E-state index < -0.39 is 0 Å². The highest BCUT2D eigenvalue weighted by atomic mass is 16.5. The monoisotopic (exact) mass is 284 g/mol. The summed E-state index contributed by atoms with van der Waals surface area (Å²) in [5, 5.41) is 8.88. The summed E-state index contributed by atoms with van der Waals surface area (Å²) in [6, 6.07) is 10.4. The van der Waals surface area contributed by atoms with Gasteiger partial charge in [-0.2, -0.15) is 5.26 Å². The lowest BCUT2D eigenvalue weighted by molar-refractivity contribution is 0.106. The molecule has 3 rings (SSSR count). The van der Waals surface area contributed by atoms with Gasteiger partial charge < -0.3 is 4.74 Å². The van der Waals surface area contributed by atoms with Crippen molar-refractivity contribution in [2.45, 2.75) is 44.6 Å². The molecule has 2 aliphatic rings. The van der Waals surface area contributed by atoms with Crippen molar-refractivity contribution in [1.29, 1.82) is 5.26 Å². The third-order valence-electron chi connectivity index (χ3n) is 4.93. The molecular weight excluding hydrogens is 260 g/mol. The first-order chi connectivity index (χ1) is 10.4. The van der Waals surface area contributed by atoms with Crippen LogP contribution in [0.25, 0.3) is 0 Å². The smallest absolute Gasteiger partial charge is 0.120 e. The van der Waals surface area contributed by atoms with Crippen molar-refractivity contribution in [3.63, 3.8) is 0 Å². The minimum absolute atomic E-state index is 0.664. The Morgan fingerprint density at radius 3 is 3.05 bits per heavy atom. The Balaban J connectivity index is 1.42. The Morgan fingerprint density at radius 1 is 1.24 bits per heavy atom. The van der Waals surface area contributed by atoms with Crippen molar-refractivity contribution >= 4 is 0 Å². The average Bonchev–Trinajstić information content (AvgIpc) is 3.01. The lowest BCUT2D eigenvalue weighted by atomic mass is 9.92. The number of hydrogen-bond donors (Lipinski definition) is 0. The van der Waals surface area contributed by atoms with E-state index in [1.54, 1.807) is 6.07 Å². The summed E-state index contributed by atoms with van der Waals surface area (Å²) in [7, 11) is 0. The van der Waals surface area contributed by atoms with E-state index in [-0.39, 0.29) is 0 Å². The first-order valence-electron chi connectivity index (χ1n) is 8.24. The van der Waals surface area contributed by atoms with Gasteiger partial charge in [0.2, 0.25) is 0 Å². The van der Waals surface area contributed by atoms with Gasteiger partial charge in [-0.25, -0.2) is 0 Å². The zero-order valence-electron chi connectivity index (χ0n) is 12.6. The molecule has 1 aliphatic heterocycles. The van der Waals surface area contributed by atoms with Crippen molar-refractivity contribution < 1.29 is 4.74 Å². The fourth-order valence-corrected chi connectivity index (χ4v) is 3.95. The van der Waals surface area contributed by atoms with Crippen molar-refractivity contribution in [1.82, 2.24) is 4.90 Å². The number of rotatable bonds is 5. The normalized spacial score (nSPS) is 25.3. The maximum atomic E-state index is 8.88. The fourth-order valence-electron chi connectivity index (χ4n) is 3.95. The number of hydrogen-bond acceptors (Lipinski definition) is 3. The van der Waals surface area contributed by atoms with E-state index in [1.807, 2.05) is 18.2 Å². The Hall–Kier alpha value is -1.53. The maximum absolute atomic E-state index is 8.88. The molecule has 21 heavy (non-hydrogen) atoms. The number of piperidine rings is 1. The average molecular weight is 284 g/mol. The van der Waals surface area contributed by atoms with Gasteiger partial charge in [-0.05, 0) is 62.8 Å². The highest BCUT2D eigenvalue weighted by Crippen LogP contribution is 2.36. The second kappa shape index (κ2) is 6.95. The number of likely N-dealkylation sites (tertiary alicyclic amines) is 1. The molecule has 3 heteroatoms. The molecule has 3 nitrogen and oxygen atoms in total. The number of ether oxygens (including phenoxy) is 1. The van der Waals surface area contributed by atoms with Gasteiger partial charge in [0, 0.05) is 12.6 Å². The second-order valence-electron chi connectivity index (χ2n) is 6.28. The second-order valence-corrected chi connectivity index (χ2v) is 6.28. The van der Waals surface area contributed by atoms with Gasteiger partial charge in [0.1, 0.15) is 5.75 Å². The molecule has 0 aromatic heterocycles. The van der Waals surface area contributed by atoms with Gasteiger partial charge in [-0.3, -0.25) is 4.90 Å². The zero-order valence-corrected chi connectivity index (χ0v) is 12.6. The Morgan fingerprint density at radius 2 is 2.14 bits per heavy atom. The molecule has 0 bridgehead atoms. The van der Waals surface area contributed by atoms with Crippen LogP contribution in [0.2, 0.25) is 0 Å². The van der Waals surface area contributed by atoms with E-state index in [9.17, 15) is 0 Å². The zero-order chi connectivity index (χ0) is 14.5. The Labute approximate surface area is 127 Å². The molecule has 112 valence electrons. The summed E-state index contributed by atoms with van der Waals surface area (Å²) < 4.78 is 5.77. The van der Waals surface area contributed by atoms with Gasteiger partial charge in [0.15, 0.2) is 0 Å². The first-order valence-corrected chi connectivity index (χ1v) is 8.24. The third-order valence-corrected chi connectivity index (χ3v) is 4.93. The molecular formula is C18H24N2O. The maximum Gasteiger partial charge on any atom is 0.120 e. The molecule has 2 fully saturated rings. The van der Waals surface area contributed by atoms with Crippen LogP contribution in [0.4, 0.5) is 0 Å². The number of nitriles is 1. The molecule has 1 heterocycles. The highest BCUT2D eigenvalue weighted by molar-refractivity contribution is 5.36. The van der Waals surface area contributed by atoms with Crippen LogP contribution in [0.5, 0.6) is 5.75 Å². The van der Waals surface area contributed by atoms with E-state index in [2.05, 4.69) is 11.0 Å². The molecule has 2 atom stereocenters. The molecule has 1 aromatic rings. The SMILES string of the molecule is N#Cc1cccc(OCCCN2CCCC3CCCC32)c1. The molecule has 0 radical (unpaired) electrons. The van der Waals surface area contributed by atoms with Crippen LogP contribution in [-0.2, 0) is 0 Å². The van der Waals surface area contributed by atoms with E-state index in [0.717, 1.165) is 37.3 Å². The van der Waals surface area contributed by atoms with Crippen LogP contribution in [0.1, 0.15) is 44.1 Å². The number of fused-ring (bicyclic) bond motifs is 1. The largest absolute Gasteiger partial charge is 0.494 e. The van der Waals surface area contributed by atoms with Gasteiger partial charge in [0.05, 0.1) is 18.2 Å². The molecule has 2 unspecified atom stereocenters. The van der Waals surface area contributed by atoms with Gasteiger partial charge >= 0.3 is 0 Å². The van der Waals surface area contributed by atoms with Crippen LogP contribution >= 0.6 is 0 Å². The summed E-state index contributed by atoms with van der Waals surface area (Å²) in [6.07, 6.45) is 8.14. The van der Waals surface area contributed by atoms with Crippen LogP contribution in [0.15, 0.2) is 24.3 Å². The summed E-state index contributed by atoms with van der Waals surface area (Å²) in [6.45, 7) is 3.16. The number of benzene rings is 1. The van der Waals surface area contributed by atoms with Crippen LogP contribution < -0.4 is 4.74 Å². The minimum atomic E-state index is 0.664. The summed E-state index contributed by atoms with van der Waals surface area (Å²) in [5.74, 6) is 1.78. The molecule has 1 aliphatic carbocycles. The Bertz CT molecular complexity index is 508. The Kier molecular flexibility index (Phi) is 4.77. The summed E-state index contributed by atoms with van der Waals surface area (Å²) >= 11 is 0. The lowest BCUT2D eigenvalue weighted by Gasteiger charge is -2.37. The van der Waals surface area contributed by atoms with E-state index in [0.29, 0.717) is 5.56 Å². The first kappa shape index (κ1) is 14.4. The predicted molar refractivity (Wildman–Crippen MR) is 83.2 cm³/mol. The van der Waals surface area contributed by atoms with E-state index in [1.165, 1.54) is 38.6 Å². The van der Waals surface area contributed by atoms with Crippen LogP contribution in [-0.4, -0.2) is 30.6 Å². The van der Waals surface area contributed by atoms with Gasteiger partial charge in [0.25, 0.3) is 0 Å². The van der Waals surface area contributed by atoms with Gasteiger partial charge in [-0.1, -0.05) is 12.5 Å². The van der Waals surface area contributed by atoms with Gasteiger partial charge in [-0.15, -0.1) is 0 Å². The predicted octanol–water partition coefficient (Wildman–Crippen LogP) is 3.59. The van der Waals surface area contributed by atoms with Crippen molar-refractivity contribution in [2.75, 3.05) is 19.7 Å². The fraction of sp³-hybridized carbons (Fsp3) is 0.611. The van der Waals surface area contributed by atoms with E-state index in [4.69, 9.17) is 10.00 Å². The van der Waals surface area contributed by atoms with Crippen molar-refractivity contribution in [3.05, 3.63) is 29.8 Å². The molecule has 1 saturated carbocycles. The highest BCUT2D eigenvalue weighted by Gasteiger charge is 2.34. The molecule has 1 aromatic carbocycles. The van der Waals surface area contributed by atoms with Crippen LogP contribution in [0, 0.1) is 17.2 Å².